The minimum Gasteiger partial charge on any atom is -0.481 e. The van der Waals surface area contributed by atoms with E-state index >= 15 is 0 Å². The molecule has 0 bridgehead atoms. The van der Waals surface area contributed by atoms with Crippen molar-refractivity contribution in [2.45, 2.75) is 117 Å². The third-order valence-corrected chi connectivity index (χ3v) is 11.9. The number of carboxylic acid groups (broad SMARTS) is 1. The Morgan fingerprint density at radius 3 is 2.27 bits per heavy atom. The number of likely N-dealkylation sites (N-methyl/N-ethyl adjacent to an activating group) is 1. The van der Waals surface area contributed by atoms with Gasteiger partial charge in [0.05, 0.1) is 17.5 Å². The van der Waals surface area contributed by atoms with Gasteiger partial charge in [0.1, 0.15) is 10.7 Å². The average Bonchev–Trinajstić information content (AvgIpc) is 3.71. The van der Waals surface area contributed by atoms with E-state index in [9.17, 15) is 29.1 Å². The smallest absolute Gasteiger partial charge is 0.306 e. The molecule has 3 amide bonds. The third kappa shape index (κ3) is 11.2. The number of likely N-dealkylation sites (tertiary alicyclic amines) is 1. The molecule has 2 aromatic rings. The zero-order valence-corrected chi connectivity index (χ0v) is 32.7. The lowest BCUT2D eigenvalue weighted by molar-refractivity contribution is -0.143. The van der Waals surface area contributed by atoms with E-state index in [-0.39, 0.29) is 54.0 Å². The molecule has 51 heavy (non-hydrogen) atoms. The van der Waals surface area contributed by atoms with Crippen LogP contribution >= 0.6 is 11.3 Å². The van der Waals surface area contributed by atoms with Crippen LogP contribution < -0.4 is 10.6 Å². The summed E-state index contributed by atoms with van der Waals surface area (Å²) in [5.74, 6) is -2.72. The predicted molar refractivity (Wildman–Crippen MR) is 200 cm³/mol. The first-order valence-electron chi connectivity index (χ1n) is 18.3. The van der Waals surface area contributed by atoms with Crippen LogP contribution in [0.3, 0.4) is 0 Å². The fraction of sp³-hybridized carbons (Fsp3) is 0.641. The first kappa shape index (κ1) is 41.8. The largest absolute Gasteiger partial charge is 0.481 e. The number of carbonyl (C=O) groups is 5. The minimum absolute atomic E-state index is 0.00222. The van der Waals surface area contributed by atoms with Gasteiger partial charge in [-0.3, -0.25) is 28.9 Å². The van der Waals surface area contributed by atoms with Crippen molar-refractivity contribution in [1.29, 1.82) is 0 Å². The van der Waals surface area contributed by atoms with E-state index in [0.717, 1.165) is 31.4 Å². The normalized spacial score (nSPS) is 19.8. The van der Waals surface area contributed by atoms with E-state index in [2.05, 4.69) is 20.5 Å². The molecule has 1 aromatic heterocycles. The first-order valence-corrected chi connectivity index (χ1v) is 19.2. The fourth-order valence-electron chi connectivity index (χ4n) is 7.13. The van der Waals surface area contributed by atoms with Crippen LogP contribution in [0, 0.1) is 23.7 Å². The number of hydrogen-bond donors (Lipinski definition) is 3. The third-order valence-electron chi connectivity index (χ3n) is 10.9. The molecule has 12 heteroatoms. The molecule has 2 heterocycles. The van der Waals surface area contributed by atoms with Crippen LogP contribution in [0.2, 0.25) is 0 Å². The lowest BCUT2D eigenvalue weighted by Gasteiger charge is -2.38. The second-order valence-corrected chi connectivity index (χ2v) is 16.0. The number of nitrogens with one attached hydrogen (secondary N) is 2. The van der Waals surface area contributed by atoms with Crippen LogP contribution in [0.15, 0.2) is 35.7 Å². The minimum atomic E-state index is -0.933. The molecular formula is C39H59N5O6S. The lowest BCUT2D eigenvalue weighted by Crippen LogP contribution is -2.50. The molecule has 7 atom stereocenters. The molecule has 3 rings (SSSR count). The first-order chi connectivity index (χ1) is 24.0. The molecular weight excluding hydrogens is 667 g/mol. The summed E-state index contributed by atoms with van der Waals surface area (Å²) in [4.78, 5) is 74.1. The Hall–Kier alpha value is -3.64. The van der Waals surface area contributed by atoms with Gasteiger partial charge in [-0.1, -0.05) is 71.4 Å². The summed E-state index contributed by atoms with van der Waals surface area (Å²) in [6.07, 6.45) is 3.76. The maximum absolute atomic E-state index is 14.3. The Morgan fingerprint density at radius 1 is 1.06 bits per heavy atom. The number of Topliss-reactive ketones (excluding diaryl/α,β-unsaturated/α-hetero) is 1. The van der Waals surface area contributed by atoms with Crippen molar-refractivity contribution in [3.8, 4) is 0 Å². The summed E-state index contributed by atoms with van der Waals surface area (Å²) in [5.41, 5.74) is 0.588. The lowest BCUT2D eigenvalue weighted by atomic mass is 9.80. The van der Waals surface area contributed by atoms with Gasteiger partial charge in [-0.25, -0.2) is 4.98 Å². The highest BCUT2D eigenvalue weighted by molar-refractivity contribution is 7.09. The van der Waals surface area contributed by atoms with E-state index in [4.69, 9.17) is 0 Å². The van der Waals surface area contributed by atoms with Gasteiger partial charge < -0.3 is 20.6 Å². The predicted octanol–water partition coefficient (Wildman–Crippen LogP) is 5.75. The molecule has 1 saturated heterocycles. The molecule has 1 aliphatic rings. The number of rotatable bonds is 19. The van der Waals surface area contributed by atoms with Crippen LogP contribution in [0.25, 0.3) is 0 Å². The fourth-order valence-corrected chi connectivity index (χ4v) is 7.99. The van der Waals surface area contributed by atoms with E-state index in [1.165, 1.54) is 18.3 Å². The SMILES string of the molecule is CC[C@H](C)[C@H](CC(=O)[C@@]1(C)CCCN1C)C(=O)N(C)[C@H](C[C@@H](NC(C)=O)c1nc(C(=O)N[C@@H](Cc2ccccc2)C[C@H](C)C(=O)O)cs1)C(C)C. The highest BCUT2D eigenvalue weighted by Crippen LogP contribution is 2.34. The summed E-state index contributed by atoms with van der Waals surface area (Å²) in [6, 6.07) is 8.28. The number of benzene rings is 1. The number of carbonyl (C=O) groups excluding carboxylic acids is 4. The summed E-state index contributed by atoms with van der Waals surface area (Å²) in [5, 5.41) is 17.7. The number of hydrogen-bond acceptors (Lipinski definition) is 8. The van der Waals surface area contributed by atoms with Crippen LogP contribution in [0.5, 0.6) is 0 Å². The Balaban J connectivity index is 1.82. The molecule has 0 spiro atoms. The summed E-state index contributed by atoms with van der Waals surface area (Å²) in [7, 11) is 3.76. The van der Waals surface area contributed by atoms with E-state index in [1.54, 1.807) is 24.3 Å². The van der Waals surface area contributed by atoms with Crippen molar-refractivity contribution in [3.63, 3.8) is 0 Å². The standard InChI is InChI=1S/C39H59N5O6S/c1-10-25(4)30(21-34(46)39(7)17-14-18-43(39)8)37(48)44(9)33(24(2)3)22-31(40-27(6)45)36-42-32(23-51-36)35(47)41-29(19-26(5)38(49)50)20-28-15-12-11-13-16-28/h11-13,15-16,23-26,29-31,33H,10,14,17-22H2,1-9H3,(H,40,45)(H,41,47)(H,49,50)/t25-,26-,29+,30-,31+,33+,39+/m0/s1. The average molecular weight is 726 g/mol. The summed E-state index contributed by atoms with van der Waals surface area (Å²) >= 11 is 1.26. The maximum Gasteiger partial charge on any atom is 0.306 e. The van der Waals surface area contributed by atoms with Crippen molar-refractivity contribution in [3.05, 3.63) is 52.0 Å². The van der Waals surface area contributed by atoms with Gasteiger partial charge in [0, 0.05) is 43.8 Å². The highest BCUT2D eigenvalue weighted by atomic mass is 32.1. The molecule has 0 aliphatic carbocycles. The number of aliphatic carboxylic acids is 1. The monoisotopic (exact) mass is 725 g/mol. The zero-order valence-electron chi connectivity index (χ0n) is 31.9. The van der Waals surface area contributed by atoms with E-state index < -0.39 is 41.3 Å². The van der Waals surface area contributed by atoms with Crippen molar-refractivity contribution >= 4 is 40.8 Å². The van der Waals surface area contributed by atoms with Gasteiger partial charge in [-0.15, -0.1) is 11.3 Å². The van der Waals surface area contributed by atoms with Gasteiger partial charge in [0.15, 0.2) is 5.78 Å². The van der Waals surface area contributed by atoms with Crippen LogP contribution in [-0.2, 0) is 25.6 Å². The van der Waals surface area contributed by atoms with Gasteiger partial charge in [-0.05, 0) is 70.0 Å². The Bertz CT molecular complexity index is 1500. The van der Waals surface area contributed by atoms with Gasteiger partial charge in [0.2, 0.25) is 11.8 Å². The van der Waals surface area contributed by atoms with Crippen molar-refractivity contribution in [2.24, 2.45) is 23.7 Å². The second-order valence-electron chi connectivity index (χ2n) is 15.1. The van der Waals surface area contributed by atoms with Crippen molar-refractivity contribution < 1.29 is 29.1 Å². The second kappa shape index (κ2) is 18.7. The molecule has 1 aromatic carbocycles. The number of aromatic nitrogens is 1. The molecule has 11 nitrogen and oxygen atoms in total. The van der Waals surface area contributed by atoms with E-state index in [0.29, 0.717) is 17.8 Å². The van der Waals surface area contributed by atoms with Crippen LogP contribution in [0.4, 0.5) is 0 Å². The number of nitrogens with zero attached hydrogens (tertiary/aromatic N) is 3. The zero-order chi connectivity index (χ0) is 38.0. The Kier molecular flexibility index (Phi) is 15.3. The Morgan fingerprint density at radius 2 is 1.73 bits per heavy atom. The van der Waals surface area contributed by atoms with Crippen molar-refractivity contribution in [2.75, 3.05) is 20.6 Å². The highest BCUT2D eigenvalue weighted by Gasteiger charge is 2.43. The number of amides is 3. The molecule has 0 saturated carbocycles. The Labute approximate surface area is 308 Å². The molecule has 282 valence electrons. The molecule has 3 N–H and O–H groups in total. The topological polar surface area (TPSA) is 149 Å². The molecule has 1 fully saturated rings. The summed E-state index contributed by atoms with van der Waals surface area (Å²) in [6.45, 7) is 14.0. The number of ketones is 1. The van der Waals surface area contributed by atoms with Crippen molar-refractivity contribution in [1.82, 2.24) is 25.4 Å². The van der Waals surface area contributed by atoms with Crippen LogP contribution in [-0.4, -0.2) is 87.6 Å². The number of thiazole rings is 1. The van der Waals surface area contributed by atoms with Gasteiger partial charge in [0.25, 0.3) is 5.91 Å². The molecule has 1 aliphatic heterocycles. The van der Waals surface area contributed by atoms with Gasteiger partial charge >= 0.3 is 5.97 Å². The quantitative estimate of drug-likeness (QED) is 0.166. The summed E-state index contributed by atoms with van der Waals surface area (Å²) < 4.78 is 0. The number of carboxylic acids is 1. The van der Waals surface area contributed by atoms with Crippen LogP contribution in [0.1, 0.15) is 114 Å². The maximum atomic E-state index is 14.3. The molecule has 0 radical (unpaired) electrons. The van der Waals surface area contributed by atoms with Gasteiger partial charge in [-0.2, -0.15) is 0 Å². The van der Waals surface area contributed by atoms with E-state index in [1.807, 2.05) is 72.0 Å². The molecule has 0 unspecified atom stereocenters.